The lowest BCUT2D eigenvalue weighted by atomic mass is 9.99. The van der Waals surface area contributed by atoms with E-state index in [0.717, 1.165) is 24.8 Å². The van der Waals surface area contributed by atoms with E-state index in [1.165, 1.54) is 10.8 Å². The van der Waals surface area contributed by atoms with E-state index in [-0.39, 0.29) is 11.9 Å². The van der Waals surface area contributed by atoms with Crippen molar-refractivity contribution in [3.8, 4) is 0 Å². The van der Waals surface area contributed by atoms with E-state index in [4.69, 9.17) is 5.73 Å². The smallest absolute Gasteiger partial charge is 0.237 e. The number of nitrogens with two attached hydrogens (primary N) is 1. The fourth-order valence-electron chi connectivity index (χ4n) is 2.58. The Kier molecular flexibility index (Phi) is 5.34. The van der Waals surface area contributed by atoms with Gasteiger partial charge in [-0.25, -0.2) is 0 Å². The SMILES string of the molecule is CCCCC(N)C(=O)NC(C)c1cccc2ccccc12. The molecule has 0 heterocycles. The summed E-state index contributed by atoms with van der Waals surface area (Å²) in [4.78, 5) is 12.1. The van der Waals surface area contributed by atoms with Gasteiger partial charge in [-0.05, 0) is 29.7 Å². The molecule has 0 bridgehead atoms. The number of rotatable bonds is 6. The van der Waals surface area contributed by atoms with Crippen molar-refractivity contribution < 1.29 is 4.79 Å². The van der Waals surface area contributed by atoms with Crippen LogP contribution in [0.5, 0.6) is 0 Å². The normalized spacial score (nSPS) is 13.9. The lowest BCUT2D eigenvalue weighted by molar-refractivity contribution is -0.123. The van der Waals surface area contributed by atoms with E-state index in [1.807, 2.05) is 25.1 Å². The lowest BCUT2D eigenvalue weighted by Crippen LogP contribution is -2.41. The first-order valence-corrected chi connectivity index (χ1v) is 7.67. The molecule has 0 aliphatic heterocycles. The summed E-state index contributed by atoms with van der Waals surface area (Å²) < 4.78 is 0. The van der Waals surface area contributed by atoms with Crippen LogP contribution < -0.4 is 11.1 Å². The van der Waals surface area contributed by atoms with Crippen LogP contribution in [0.25, 0.3) is 10.8 Å². The minimum atomic E-state index is -0.414. The molecule has 0 fully saturated rings. The van der Waals surface area contributed by atoms with Gasteiger partial charge in [-0.2, -0.15) is 0 Å². The Morgan fingerprint density at radius 2 is 1.90 bits per heavy atom. The number of unbranched alkanes of at least 4 members (excludes halogenated alkanes) is 1. The Labute approximate surface area is 126 Å². The predicted octanol–water partition coefficient (Wildman–Crippen LogP) is 3.53. The van der Waals surface area contributed by atoms with Crippen molar-refractivity contribution in [2.45, 2.75) is 45.2 Å². The van der Waals surface area contributed by atoms with Gasteiger partial charge >= 0.3 is 0 Å². The van der Waals surface area contributed by atoms with Gasteiger partial charge in [-0.3, -0.25) is 4.79 Å². The average Bonchev–Trinajstić information content (AvgIpc) is 2.51. The van der Waals surface area contributed by atoms with Crippen LogP contribution >= 0.6 is 0 Å². The maximum absolute atomic E-state index is 12.1. The number of amides is 1. The number of nitrogens with one attached hydrogen (secondary N) is 1. The van der Waals surface area contributed by atoms with Gasteiger partial charge in [0.1, 0.15) is 0 Å². The Balaban J connectivity index is 2.12. The second kappa shape index (κ2) is 7.23. The first-order chi connectivity index (χ1) is 10.1. The molecule has 0 aliphatic rings. The molecule has 1 amide bonds. The van der Waals surface area contributed by atoms with Gasteiger partial charge < -0.3 is 11.1 Å². The van der Waals surface area contributed by atoms with Crippen LogP contribution in [0.3, 0.4) is 0 Å². The molecule has 0 aromatic heterocycles. The number of hydrogen-bond acceptors (Lipinski definition) is 2. The highest BCUT2D eigenvalue weighted by atomic mass is 16.2. The Bertz CT molecular complexity index is 604. The Hall–Kier alpha value is -1.87. The summed E-state index contributed by atoms with van der Waals surface area (Å²) in [5.74, 6) is -0.0658. The topological polar surface area (TPSA) is 55.1 Å². The van der Waals surface area contributed by atoms with Crippen LogP contribution in [0.15, 0.2) is 42.5 Å². The zero-order valence-electron chi connectivity index (χ0n) is 12.8. The van der Waals surface area contributed by atoms with Crippen molar-refractivity contribution in [1.82, 2.24) is 5.32 Å². The lowest BCUT2D eigenvalue weighted by Gasteiger charge is -2.19. The van der Waals surface area contributed by atoms with E-state index in [2.05, 4.69) is 36.5 Å². The van der Waals surface area contributed by atoms with Crippen molar-refractivity contribution >= 4 is 16.7 Å². The van der Waals surface area contributed by atoms with Crippen LogP contribution in [0, 0.1) is 0 Å². The van der Waals surface area contributed by atoms with Gasteiger partial charge in [0.2, 0.25) is 5.91 Å². The molecule has 2 unspecified atom stereocenters. The zero-order chi connectivity index (χ0) is 15.2. The summed E-state index contributed by atoms with van der Waals surface area (Å²) in [6.07, 6.45) is 2.78. The van der Waals surface area contributed by atoms with E-state index < -0.39 is 6.04 Å². The van der Waals surface area contributed by atoms with Gasteiger partial charge in [0.05, 0.1) is 12.1 Å². The molecular formula is C18H24N2O. The Morgan fingerprint density at radius 1 is 1.19 bits per heavy atom. The minimum absolute atomic E-state index is 0.0451. The largest absolute Gasteiger partial charge is 0.348 e. The molecule has 2 aromatic rings. The molecule has 0 aliphatic carbocycles. The van der Waals surface area contributed by atoms with E-state index in [0.29, 0.717) is 0 Å². The minimum Gasteiger partial charge on any atom is -0.348 e. The molecule has 0 radical (unpaired) electrons. The van der Waals surface area contributed by atoms with Crippen LogP contribution in [-0.2, 0) is 4.79 Å². The number of fused-ring (bicyclic) bond motifs is 1. The summed E-state index contributed by atoms with van der Waals surface area (Å²) in [5, 5.41) is 5.40. The van der Waals surface area contributed by atoms with Crippen LogP contribution in [0.2, 0.25) is 0 Å². The fraction of sp³-hybridized carbons (Fsp3) is 0.389. The maximum Gasteiger partial charge on any atom is 0.237 e. The molecule has 0 saturated carbocycles. The molecule has 0 saturated heterocycles. The Morgan fingerprint density at radius 3 is 2.67 bits per heavy atom. The summed E-state index contributed by atoms with van der Waals surface area (Å²) in [6, 6.07) is 13.9. The molecule has 2 aromatic carbocycles. The molecular weight excluding hydrogens is 260 g/mol. The van der Waals surface area contributed by atoms with Gasteiger partial charge in [-0.15, -0.1) is 0 Å². The summed E-state index contributed by atoms with van der Waals surface area (Å²) in [7, 11) is 0. The summed E-state index contributed by atoms with van der Waals surface area (Å²) in [6.45, 7) is 4.11. The van der Waals surface area contributed by atoms with Crippen LogP contribution in [0.1, 0.15) is 44.7 Å². The number of hydrogen-bond donors (Lipinski definition) is 2. The van der Waals surface area contributed by atoms with E-state index in [1.54, 1.807) is 0 Å². The van der Waals surface area contributed by atoms with Crippen LogP contribution in [0.4, 0.5) is 0 Å². The van der Waals surface area contributed by atoms with Crippen molar-refractivity contribution in [2.24, 2.45) is 5.73 Å². The van der Waals surface area contributed by atoms with Gasteiger partial charge in [-0.1, -0.05) is 62.2 Å². The number of carbonyl (C=O) groups excluding carboxylic acids is 1. The highest BCUT2D eigenvalue weighted by Gasteiger charge is 2.17. The maximum atomic E-state index is 12.1. The number of carbonyl (C=O) groups is 1. The molecule has 112 valence electrons. The monoisotopic (exact) mass is 284 g/mol. The van der Waals surface area contributed by atoms with Gasteiger partial charge in [0.15, 0.2) is 0 Å². The predicted molar refractivity (Wildman–Crippen MR) is 88.0 cm³/mol. The third-order valence-electron chi connectivity index (χ3n) is 3.85. The summed E-state index contributed by atoms with van der Waals surface area (Å²) in [5.41, 5.74) is 7.06. The fourth-order valence-corrected chi connectivity index (χ4v) is 2.58. The average molecular weight is 284 g/mol. The van der Waals surface area contributed by atoms with Crippen molar-refractivity contribution in [2.75, 3.05) is 0 Å². The zero-order valence-corrected chi connectivity index (χ0v) is 12.8. The highest BCUT2D eigenvalue weighted by molar-refractivity contribution is 5.87. The van der Waals surface area contributed by atoms with E-state index >= 15 is 0 Å². The number of benzene rings is 2. The molecule has 21 heavy (non-hydrogen) atoms. The quantitative estimate of drug-likeness (QED) is 0.852. The first-order valence-electron chi connectivity index (χ1n) is 7.67. The molecule has 3 heteroatoms. The van der Waals surface area contributed by atoms with Gasteiger partial charge in [0, 0.05) is 0 Å². The molecule has 3 N–H and O–H groups in total. The van der Waals surface area contributed by atoms with E-state index in [9.17, 15) is 4.79 Å². The second-order valence-electron chi connectivity index (χ2n) is 5.55. The third kappa shape index (κ3) is 3.82. The summed E-state index contributed by atoms with van der Waals surface area (Å²) >= 11 is 0. The van der Waals surface area contributed by atoms with Crippen LogP contribution in [-0.4, -0.2) is 11.9 Å². The highest BCUT2D eigenvalue weighted by Crippen LogP contribution is 2.24. The van der Waals surface area contributed by atoms with Gasteiger partial charge in [0.25, 0.3) is 0 Å². The van der Waals surface area contributed by atoms with Crippen molar-refractivity contribution in [3.05, 3.63) is 48.0 Å². The van der Waals surface area contributed by atoms with Crippen molar-refractivity contribution in [1.29, 1.82) is 0 Å². The molecule has 2 atom stereocenters. The molecule has 0 spiro atoms. The van der Waals surface area contributed by atoms with Crippen molar-refractivity contribution in [3.63, 3.8) is 0 Å². The first kappa shape index (κ1) is 15.5. The molecule has 3 nitrogen and oxygen atoms in total. The second-order valence-corrected chi connectivity index (χ2v) is 5.55. The molecule has 2 rings (SSSR count). The third-order valence-corrected chi connectivity index (χ3v) is 3.85. The standard InChI is InChI=1S/C18H24N2O/c1-3-4-12-17(19)18(21)20-13(2)15-11-7-9-14-8-5-6-10-16(14)15/h5-11,13,17H,3-4,12,19H2,1-2H3,(H,20,21).